The quantitative estimate of drug-likeness (QED) is 0.446. The summed E-state index contributed by atoms with van der Waals surface area (Å²) in [6.45, 7) is 3.35. The number of carboxylic acid groups (broad SMARTS) is 1. The number of piperazine rings is 1. The average molecular weight is 530 g/mol. The minimum Gasteiger partial charge on any atom is -0.465 e. The van der Waals surface area contributed by atoms with Gasteiger partial charge >= 0.3 is 6.09 Å². The van der Waals surface area contributed by atoms with E-state index in [1.54, 1.807) is 0 Å². The lowest BCUT2D eigenvalue weighted by molar-refractivity contribution is -0.134. The van der Waals surface area contributed by atoms with Crippen LogP contribution in [0.3, 0.4) is 0 Å². The molecule has 2 N–H and O–H groups in total. The molecule has 0 aromatic heterocycles. The van der Waals surface area contributed by atoms with Crippen LogP contribution in [-0.2, 0) is 22.4 Å². The van der Waals surface area contributed by atoms with Gasteiger partial charge in [-0.1, -0.05) is 60.7 Å². The van der Waals surface area contributed by atoms with Crippen LogP contribution < -0.4 is 10.1 Å². The van der Waals surface area contributed by atoms with Gasteiger partial charge in [-0.2, -0.15) is 0 Å². The minimum atomic E-state index is -0.927. The van der Waals surface area contributed by atoms with E-state index in [1.807, 2.05) is 83.8 Å². The van der Waals surface area contributed by atoms with Crippen molar-refractivity contribution in [3.63, 3.8) is 0 Å². The first kappa shape index (κ1) is 26.7. The number of rotatable bonds is 8. The number of aryl methyl sites for hydroxylation is 1. The normalized spacial score (nSPS) is 19.5. The monoisotopic (exact) mass is 529 g/mol. The highest BCUT2D eigenvalue weighted by atomic mass is 16.5. The fraction of sp³-hybridized carbons (Fsp3) is 0.355. The van der Waals surface area contributed by atoms with Crippen LogP contribution in [0.15, 0.2) is 78.9 Å². The number of nitrogens with one attached hydrogen (secondary N) is 1. The molecule has 0 aliphatic carbocycles. The summed E-state index contributed by atoms with van der Waals surface area (Å²) in [6.07, 6.45) is 0.828. The number of hydrogen-bond donors (Lipinski definition) is 2. The Kier molecular flexibility index (Phi) is 8.75. The highest BCUT2D eigenvalue weighted by molar-refractivity contribution is 5.77. The molecule has 2 amide bonds. The molecule has 0 bridgehead atoms. The molecule has 2 saturated heterocycles. The Balaban J connectivity index is 1.21. The van der Waals surface area contributed by atoms with Crippen LogP contribution in [0.4, 0.5) is 4.79 Å². The summed E-state index contributed by atoms with van der Waals surface area (Å²) in [5.74, 6) is 1.69. The maximum Gasteiger partial charge on any atom is 0.407 e. The van der Waals surface area contributed by atoms with Crippen LogP contribution >= 0.6 is 0 Å². The summed E-state index contributed by atoms with van der Waals surface area (Å²) in [5, 5.41) is 13.0. The van der Waals surface area contributed by atoms with Crippen molar-refractivity contribution >= 4 is 12.0 Å². The van der Waals surface area contributed by atoms with Crippen molar-refractivity contribution in [2.24, 2.45) is 0 Å². The van der Waals surface area contributed by atoms with E-state index in [2.05, 4.69) is 5.32 Å². The summed E-state index contributed by atoms with van der Waals surface area (Å²) in [4.78, 5) is 28.5. The van der Waals surface area contributed by atoms with Gasteiger partial charge < -0.3 is 24.8 Å². The molecule has 3 aromatic rings. The van der Waals surface area contributed by atoms with E-state index >= 15 is 0 Å². The zero-order chi connectivity index (χ0) is 27.0. The molecule has 0 spiro atoms. The molecule has 0 radical (unpaired) electrons. The molecule has 1 unspecified atom stereocenters. The summed E-state index contributed by atoms with van der Waals surface area (Å²) in [5.41, 5.74) is 3.05. The number of morpholine rings is 1. The van der Waals surface area contributed by atoms with Gasteiger partial charge in [-0.05, 0) is 47.7 Å². The summed E-state index contributed by atoms with van der Waals surface area (Å²) in [6, 6.07) is 25.4. The predicted molar refractivity (Wildman–Crippen MR) is 148 cm³/mol. The summed E-state index contributed by atoms with van der Waals surface area (Å²) in [7, 11) is 0. The first-order valence-corrected chi connectivity index (χ1v) is 13.6. The number of para-hydroxylation sites is 2. The lowest BCUT2D eigenvalue weighted by Crippen LogP contribution is -2.54. The van der Waals surface area contributed by atoms with E-state index < -0.39 is 6.09 Å². The highest BCUT2D eigenvalue weighted by Gasteiger charge is 2.29. The molecule has 2 heterocycles. The first-order chi connectivity index (χ1) is 19.1. The fourth-order valence-corrected chi connectivity index (χ4v) is 5.34. The zero-order valence-corrected chi connectivity index (χ0v) is 22.0. The van der Waals surface area contributed by atoms with Gasteiger partial charge in [-0.25, -0.2) is 4.79 Å². The number of hydrogen-bond acceptors (Lipinski definition) is 5. The lowest BCUT2D eigenvalue weighted by atomic mass is 9.98. The summed E-state index contributed by atoms with van der Waals surface area (Å²) < 4.78 is 11.6. The van der Waals surface area contributed by atoms with Gasteiger partial charge in [0.2, 0.25) is 5.91 Å². The lowest BCUT2D eigenvalue weighted by Gasteiger charge is -2.37. The second-order valence-electron chi connectivity index (χ2n) is 9.98. The van der Waals surface area contributed by atoms with Crippen LogP contribution in [0.5, 0.6) is 11.5 Å². The average Bonchev–Trinajstić information content (AvgIpc) is 2.98. The van der Waals surface area contributed by atoms with Crippen molar-refractivity contribution in [3.05, 3.63) is 95.6 Å². The maximum atomic E-state index is 13.4. The molecule has 2 aliphatic heterocycles. The maximum absolute atomic E-state index is 13.4. The van der Waals surface area contributed by atoms with E-state index in [9.17, 15) is 14.7 Å². The summed E-state index contributed by atoms with van der Waals surface area (Å²) >= 11 is 0. The zero-order valence-electron chi connectivity index (χ0n) is 22.0. The third kappa shape index (κ3) is 6.77. The second kappa shape index (κ2) is 12.8. The van der Waals surface area contributed by atoms with Crippen molar-refractivity contribution < 1.29 is 24.2 Å². The molecular formula is C31H35N3O5. The van der Waals surface area contributed by atoms with Gasteiger partial charge in [0.05, 0.1) is 19.3 Å². The molecule has 3 aromatic carbocycles. The van der Waals surface area contributed by atoms with Crippen molar-refractivity contribution in [3.8, 4) is 11.5 Å². The van der Waals surface area contributed by atoms with Crippen LogP contribution in [0.25, 0.3) is 0 Å². The minimum absolute atomic E-state index is 0.0569. The number of carbonyl (C=O) groups is 2. The molecular weight excluding hydrogens is 494 g/mol. The van der Waals surface area contributed by atoms with E-state index in [4.69, 9.17) is 9.47 Å². The van der Waals surface area contributed by atoms with Gasteiger partial charge in [0.25, 0.3) is 0 Å². The van der Waals surface area contributed by atoms with Crippen LogP contribution in [-0.4, -0.2) is 72.3 Å². The SMILES string of the molecule is O=C(CCc1ccccc1Oc1ccccc1)N1CCNCC1Cc1ccc([C@@H]2COCCN2C(=O)O)cc1. The smallest absolute Gasteiger partial charge is 0.407 e. The van der Waals surface area contributed by atoms with Gasteiger partial charge in [0.1, 0.15) is 11.5 Å². The van der Waals surface area contributed by atoms with Gasteiger partial charge in [-0.3, -0.25) is 9.69 Å². The first-order valence-electron chi connectivity index (χ1n) is 13.6. The van der Waals surface area contributed by atoms with E-state index in [0.717, 1.165) is 47.7 Å². The van der Waals surface area contributed by atoms with Gasteiger partial charge in [-0.15, -0.1) is 0 Å². The van der Waals surface area contributed by atoms with Crippen molar-refractivity contribution in [2.45, 2.75) is 31.3 Å². The molecule has 2 fully saturated rings. The van der Waals surface area contributed by atoms with Crippen LogP contribution in [0.1, 0.15) is 29.2 Å². The Hall–Kier alpha value is -3.88. The Morgan fingerprint density at radius 3 is 2.51 bits per heavy atom. The Morgan fingerprint density at radius 2 is 1.72 bits per heavy atom. The highest BCUT2D eigenvalue weighted by Crippen LogP contribution is 2.27. The third-order valence-electron chi connectivity index (χ3n) is 7.43. The Labute approximate surface area is 229 Å². The van der Waals surface area contributed by atoms with E-state index in [1.165, 1.54) is 4.90 Å². The number of benzene rings is 3. The van der Waals surface area contributed by atoms with E-state index in [0.29, 0.717) is 39.1 Å². The molecule has 2 aliphatic rings. The Bertz CT molecular complexity index is 1250. The standard InChI is InChI=1S/C31H35N3O5/c35-30(15-14-25-6-4-5-9-29(25)39-27-7-2-1-3-8-27)33-17-16-32-21-26(33)20-23-10-12-24(13-11-23)28-22-38-19-18-34(28)31(36)37/h1-13,26,28,32H,14-22H2,(H,36,37)/t26?,28-/m0/s1. The number of amides is 2. The molecule has 8 nitrogen and oxygen atoms in total. The second-order valence-corrected chi connectivity index (χ2v) is 9.98. The Morgan fingerprint density at radius 1 is 0.949 bits per heavy atom. The molecule has 39 heavy (non-hydrogen) atoms. The number of carbonyl (C=O) groups excluding carboxylic acids is 1. The molecule has 2 atom stereocenters. The number of ether oxygens (including phenoxy) is 2. The van der Waals surface area contributed by atoms with Crippen LogP contribution in [0.2, 0.25) is 0 Å². The van der Waals surface area contributed by atoms with E-state index in [-0.39, 0.29) is 18.0 Å². The molecule has 8 heteroatoms. The fourth-order valence-electron chi connectivity index (χ4n) is 5.34. The van der Waals surface area contributed by atoms with Gasteiger partial charge in [0.15, 0.2) is 0 Å². The number of nitrogens with zero attached hydrogens (tertiary/aromatic N) is 2. The third-order valence-corrected chi connectivity index (χ3v) is 7.43. The largest absolute Gasteiger partial charge is 0.465 e. The molecule has 0 saturated carbocycles. The topological polar surface area (TPSA) is 91.3 Å². The molecule has 5 rings (SSSR count). The van der Waals surface area contributed by atoms with Crippen molar-refractivity contribution in [1.82, 2.24) is 15.1 Å². The van der Waals surface area contributed by atoms with Gasteiger partial charge in [0, 0.05) is 38.6 Å². The van der Waals surface area contributed by atoms with Crippen LogP contribution in [0, 0.1) is 0 Å². The van der Waals surface area contributed by atoms with Crippen molar-refractivity contribution in [1.29, 1.82) is 0 Å². The molecule has 204 valence electrons. The predicted octanol–water partition coefficient (Wildman–Crippen LogP) is 4.51. The van der Waals surface area contributed by atoms with Crippen molar-refractivity contribution in [2.75, 3.05) is 39.4 Å².